The third kappa shape index (κ3) is 5.52. The van der Waals surface area contributed by atoms with Crippen LogP contribution in [0.3, 0.4) is 0 Å². The third-order valence-electron chi connectivity index (χ3n) is 9.50. The monoisotopic (exact) mass is 578 g/mol. The van der Waals surface area contributed by atoms with Gasteiger partial charge >= 0.3 is 6.09 Å². The van der Waals surface area contributed by atoms with Gasteiger partial charge in [-0.2, -0.15) is 5.26 Å². The van der Waals surface area contributed by atoms with Gasteiger partial charge in [0.1, 0.15) is 30.8 Å². The van der Waals surface area contributed by atoms with Crippen molar-refractivity contribution in [1.29, 1.82) is 5.26 Å². The zero-order chi connectivity index (χ0) is 30.4. The van der Waals surface area contributed by atoms with Crippen molar-refractivity contribution < 1.29 is 28.7 Å². The molecule has 3 heterocycles. The van der Waals surface area contributed by atoms with Gasteiger partial charge in [0.25, 0.3) is 0 Å². The predicted octanol–water partition coefficient (Wildman–Crippen LogP) is 0.824. The highest BCUT2D eigenvalue weighted by Crippen LogP contribution is 2.65. The maximum absolute atomic E-state index is 14.3. The summed E-state index contributed by atoms with van der Waals surface area (Å²) in [6.45, 7) is 7.89. The standard InChI is InChI=1S/C30H38N6O6/c1-29(2)15-32-25(38)20-11-17(24(37)34-20)10-18(12-31)33-26(39)22-21-19(30(21,3)4)13-36(22)27(40)23(29)35-28(41)42-14-16-8-6-5-7-9-16/h5-9,17-23H,10-11,13-15H2,1-4H3,(H,32,38)(H,33,39)(H,34,37)(H,35,41)/t17-,18+,19-,20-,21-,22-,23+/m0/s1. The van der Waals surface area contributed by atoms with Gasteiger partial charge in [0.15, 0.2) is 0 Å². The Morgan fingerprint density at radius 3 is 2.45 bits per heavy atom. The Balaban J connectivity index is 1.44. The van der Waals surface area contributed by atoms with E-state index in [0.29, 0.717) is 6.54 Å². The summed E-state index contributed by atoms with van der Waals surface area (Å²) in [7, 11) is 0. The predicted molar refractivity (Wildman–Crippen MR) is 149 cm³/mol. The molecular weight excluding hydrogens is 540 g/mol. The Morgan fingerprint density at radius 1 is 1.05 bits per heavy atom. The molecule has 0 aromatic heterocycles. The summed E-state index contributed by atoms with van der Waals surface area (Å²) in [4.78, 5) is 68.2. The molecule has 5 amide bonds. The molecule has 0 radical (unpaired) electrons. The molecule has 2 bridgehead atoms. The molecule has 3 saturated heterocycles. The summed E-state index contributed by atoms with van der Waals surface area (Å²) in [5.74, 6) is -2.37. The van der Waals surface area contributed by atoms with Crippen LogP contribution in [0.4, 0.5) is 4.79 Å². The summed E-state index contributed by atoms with van der Waals surface area (Å²) in [6.07, 6.45) is -0.576. The second kappa shape index (κ2) is 10.9. The minimum absolute atomic E-state index is 0.00210. The zero-order valence-corrected chi connectivity index (χ0v) is 24.3. The minimum atomic E-state index is -1.15. The summed E-state index contributed by atoms with van der Waals surface area (Å²) in [5, 5.41) is 20.8. The molecule has 5 rings (SSSR count). The first-order valence-corrected chi connectivity index (χ1v) is 14.4. The SMILES string of the molecule is CC1(C)CNC(=O)[C@@H]2C[C@H](C[C@H](C#N)NC(=O)[C@@H]3[C@@H]4[C@H](CN3C(=O)[C@H]1NC(=O)OCc1ccccc1)C4(C)C)C(=O)N2. The van der Waals surface area contributed by atoms with E-state index in [9.17, 15) is 29.2 Å². The van der Waals surface area contributed by atoms with Crippen molar-refractivity contribution in [1.82, 2.24) is 26.2 Å². The van der Waals surface area contributed by atoms with Crippen LogP contribution in [0.5, 0.6) is 0 Å². The number of ether oxygens (including phenoxy) is 1. The molecule has 1 aromatic rings. The van der Waals surface area contributed by atoms with E-state index in [-0.39, 0.29) is 49.2 Å². The lowest BCUT2D eigenvalue weighted by molar-refractivity contribution is -0.144. The molecule has 12 nitrogen and oxygen atoms in total. The van der Waals surface area contributed by atoms with E-state index in [1.54, 1.807) is 13.8 Å². The van der Waals surface area contributed by atoms with Gasteiger partial charge in [-0.3, -0.25) is 19.2 Å². The van der Waals surface area contributed by atoms with E-state index in [0.717, 1.165) is 5.56 Å². The Kier molecular flexibility index (Phi) is 7.64. The number of hydrogen-bond donors (Lipinski definition) is 4. The van der Waals surface area contributed by atoms with Crippen LogP contribution in [-0.2, 0) is 30.5 Å². The second-order valence-corrected chi connectivity index (χ2v) is 13.2. The summed E-state index contributed by atoms with van der Waals surface area (Å²) < 4.78 is 5.42. The maximum Gasteiger partial charge on any atom is 0.408 e. The lowest BCUT2D eigenvalue weighted by atomic mass is 9.82. The Morgan fingerprint density at radius 2 is 1.76 bits per heavy atom. The number of benzene rings is 1. The van der Waals surface area contributed by atoms with E-state index in [4.69, 9.17) is 4.74 Å². The smallest absolute Gasteiger partial charge is 0.408 e. The molecule has 3 aliphatic heterocycles. The molecular formula is C30H38N6O6. The Bertz CT molecular complexity index is 1320. The second-order valence-electron chi connectivity index (χ2n) is 13.2. The van der Waals surface area contributed by atoms with Gasteiger partial charge in [0.05, 0.1) is 6.07 Å². The number of carbonyl (C=O) groups is 5. The lowest BCUT2D eigenvalue weighted by Crippen LogP contribution is -2.62. The highest BCUT2D eigenvalue weighted by molar-refractivity contribution is 5.94. The Labute approximate surface area is 244 Å². The lowest BCUT2D eigenvalue weighted by Gasteiger charge is -2.39. The van der Waals surface area contributed by atoms with Gasteiger partial charge in [-0.25, -0.2) is 4.79 Å². The van der Waals surface area contributed by atoms with E-state index in [2.05, 4.69) is 27.3 Å². The van der Waals surface area contributed by atoms with Gasteiger partial charge in [-0.05, 0) is 35.7 Å². The third-order valence-corrected chi connectivity index (χ3v) is 9.50. The number of rotatable bonds is 3. The number of fused-ring (bicyclic) bond motifs is 5. The number of hydrogen-bond acceptors (Lipinski definition) is 7. The molecule has 4 aliphatic rings. The first kappa shape index (κ1) is 29.4. The normalized spacial score (nSPS) is 33.4. The number of carbonyl (C=O) groups excluding carboxylic acids is 5. The molecule has 7 atom stereocenters. The fourth-order valence-corrected chi connectivity index (χ4v) is 6.79. The number of nitriles is 1. The van der Waals surface area contributed by atoms with E-state index < -0.39 is 59.3 Å². The van der Waals surface area contributed by atoms with Crippen molar-refractivity contribution in [2.75, 3.05) is 13.1 Å². The molecule has 4 fully saturated rings. The highest BCUT2D eigenvalue weighted by atomic mass is 16.5. The van der Waals surface area contributed by atoms with Crippen LogP contribution in [-0.4, -0.2) is 71.9 Å². The van der Waals surface area contributed by atoms with Crippen molar-refractivity contribution in [3.8, 4) is 6.07 Å². The molecule has 1 aliphatic carbocycles. The first-order valence-electron chi connectivity index (χ1n) is 14.4. The van der Waals surface area contributed by atoms with E-state index in [1.165, 1.54) is 4.90 Å². The quantitative estimate of drug-likeness (QED) is 0.412. The molecule has 1 aromatic carbocycles. The highest BCUT2D eigenvalue weighted by Gasteiger charge is 2.70. The van der Waals surface area contributed by atoms with Crippen LogP contribution in [0, 0.1) is 39.9 Å². The van der Waals surface area contributed by atoms with Crippen LogP contribution >= 0.6 is 0 Å². The van der Waals surface area contributed by atoms with Crippen molar-refractivity contribution in [2.45, 2.75) is 71.3 Å². The number of alkyl carbamates (subject to hydrolysis) is 1. The van der Waals surface area contributed by atoms with Crippen LogP contribution in [0.15, 0.2) is 30.3 Å². The van der Waals surface area contributed by atoms with Crippen molar-refractivity contribution in [3.63, 3.8) is 0 Å². The van der Waals surface area contributed by atoms with Crippen LogP contribution in [0.2, 0.25) is 0 Å². The van der Waals surface area contributed by atoms with Crippen LogP contribution < -0.4 is 21.3 Å². The number of nitrogens with zero attached hydrogens (tertiary/aromatic N) is 2. The fourth-order valence-electron chi connectivity index (χ4n) is 6.79. The molecule has 0 unspecified atom stereocenters. The zero-order valence-electron chi connectivity index (χ0n) is 24.3. The molecule has 0 spiro atoms. The number of nitrogens with one attached hydrogen (secondary N) is 4. The summed E-state index contributed by atoms with van der Waals surface area (Å²) >= 11 is 0. The van der Waals surface area contributed by atoms with Gasteiger partial charge in [-0.1, -0.05) is 58.0 Å². The van der Waals surface area contributed by atoms with Crippen molar-refractivity contribution in [3.05, 3.63) is 35.9 Å². The molecule has 4 N–H and O–H groups in total. The van der Waals surface area contributed by atoms with Crippen LogP contribution in [0.25, 0.3) is 0 Å². The maximum atomic E-state index is 14.3. The van der Waals surface area contributed by atoms with Crippen LogP contribution in [0.1, 0.15) is 46.1 Å². The van der Waals surface area contributed by atoms with Gasteiger partial charge in [0, 0.05) is 24.4 Å². The van der Waals surface area contributed by atoms with Gasteiger partial charge in [0.2, 0.25) is 23.6 Å². The fraction of sp³-hybridized carbons (Fsp3) is 0.600. The van der Waals surface area contributed by atoms with E-state index in [1.807, 2.05) is 44.2 Å². The molecule has 12 heteroatoms. The molecule has 1 saturated carbocycles. The van der Waals surface area contributed by atoms with Gasteiger partial charge < -0.3 is 30.9 Å². The van der Waals surface area contributed by atoms with Gasteiger partial charge in [-0.15, -0.1) is 0 Å². The minimum Gasteiger partial charge on any atom is -0.445 e. The average Bonchev–Trinajstić information content (AvgIpc) is 3.27. The topological polar surface area (TPSA) is 170 Å². The van der Waals surface area contributed by atoms with Crippen molar-refractivity contribution >= 4 is 29.7 Å². The Hall–Kier alpha value is -4.14. The molecule has 224 valence electrons. The summed E-state index contributed by atoms with van der Waals surface area (Å²) in [5.41, 5.74) is -0.419. The van der Waals surface area contributed by atoms with E-state index >= 15 is 0 Å². The first-order chi connectivity index (χ1) is 19.8. The largest absolute Gasteiger partial charge is 0.445 e. The number of amides is 5. The summed E-state index contributed by atoms with van der Waals surface area (Å²) in [6, 6.07) is 7.39. The van der Waals surface area contributed by atoms with Crippen molar-refractivity contribution in [2.24, 2.45) is 28.6 Å². The average molecular weight is 579 g/mol. The molecule has 42 heavy (non-hydrogen) atoms. The number of piperidine rings is 1.